The van der Waals surface area contributed by atoms with Gasteiger partial charge in [-0.15, -0.1) is 0 Å². The van der Waals surface area contributed by atoms with Crippen molar-refractivity contribution in [3.05, 3.63) is 52.6 Å². The Bertz CT molecular complexity index is 1110. The third-order valence-electron chi connectivity index (χ3n) is 6.36. The molecule has 6 atom stereocenters. The second kappa shape index (κ2) is 4.33. The number of carbonyl (C=O) groups excluding carboxylic acids is 1. The minimum atomic E-state index is -1.64. The highest BCUT2D eigenvalue weighted by molar-refractivity contribution is 6.00. The number of aliphatic hydroxyl groups excluding tert-OH is 2. The molecule has 2 aromatic carbocycles. The summed E-state index contributed by atoms with van der Waals surface area (Å²) in [6, 6.07) is 7.99. The first-order valence-corrected chi connectivity index (χ1v) is 9.09. The van der Waals surface area contributed by atoms with Crippen molar-refractivity contribution in [1.29, 1.82) is 0 Å². The number of ether oxygens (including phenoxy) is 4. The maximum absolute atomic E-state index is 12.5. The second-order valence-corrected chi connectivity index (χ2v) is 7.80. The van der Waals surface area contributed by atoms with E-state index in [2.05, 4.69) is 0 Å². The van der Waals surface area contributed by atoms with Crippen LogP contribution in [0.4, 0.5) is 0 Å². The number of aliphatic hydroxyl groups is 2. The van der Waals surface area contributed by atoms with Crippen LogP contribution in [0.1, 0.15) is 39.6 Å². The predicted octanol–water partition coefficient (Wildman–Crippen LogP) is 0.961. The molecule has 8 heteroatoms. The normalized spacial score (nSPS) is 40.4. The van der Waals surface area contributed by atoms with Gasteiger partial charge in [0.15, 0.2) is 11.9 Å². The summed E-state index contributed by atoms with van der Waals surface area (Å²) in [5, 5.41) is 31.9. The summed E-state index contributed by atoms with van der Waals surface area (Å²) in [7, 11) is 0. The van der Waals surface area contributed by atoms with Crippen LogP contribution in [-0.2, 0) is 21.0 Å². The van der Waals surface area contributed by atoms with Gasteiger partial charge in [-0.1, -0.05) is 12.1 Å². The Morgan fingerprint density at radius 1 is 1.00 bits per heavy atom. The quantitative estimate of drug-likeness (QED) is 0.577. The van der Waals surface area contributed by atoms with Crippen LogP contribution in [0.25, 0.3) is 0 Å². The van der Waals surface area contributed by atoms with E-state index in [0.717, 1.165) is 0 Å². The van der Waals surface area contributed by atoms with Gasteiger partial charge in [-0.3, -0.25) is 9.53 Å². The molecule has 8 nitrogen and oxygen atoms in total. The van der Waals surface area contributed by atoms with Crippen molar-refractivity contribution in [2.24, 2.45) is 0 Å². The molecule has 5 aliphatic rings. The number of carbonyl (C=O) groups is 1. The molecule has 7 rings (SSSR count). The van der Waals surface area contributed by atoms with E-state index in [4.69, 9.17) is 18.9 Å². The Morgan fingerprint density at radius 2 is 1.79 bits per heavy atom. The van der Waals surface area contributed by atoms with Gasteiger partial charge < -0.3 is 29.5 Å². The topological polar surface area (TPSA) is 118 Å². The van der Waals surface area contributed by atoms with Crippen LogP contribution in [0.15, 0.2) is 30.3 Å². The Kier molecular flexibility index (Phi) is 2.37. The molecule has 3 N–H and O–H groups in total. The number of aromatic hydroxyl groups is 1. The number of benzene rings is 2. The number of phenols is 1. The molecule has 0 saturated carbocycles. The first kappa shape index (κ1) is 15.3. The number of rotatable bonds is 0. The summed E-state index contributed by atoms with van der Waals surface area (Å²) < 4.78 is 24.5. The van der Waals surface area contributed by atoms with Crippen molar-refractivity contribution in [2.45, 2.75) is 42.4 Å². The van der Waals surface area contributed by atoms with E-state index in [1.165, 1.54) is 6.07 Å². The van der Waals surface area contributed by atoms with Crippen molar-refractivity contribution >= 4 is 5.78 Å². The fraction of sp³-hybridized carbons (Fsp3) is 0.350. The fourth-order valence-electron chi connectivity index (χ4n) is 5.15. The van der Waals surface area contributed by atoms with Gasteiger partial charge in [0.05, 0.1) is 11.1 Å². The van der Waals surface area contributed by atoms with Gasteiger partial charge >= 0.3 is 0 Å². The Balaban J connectivity index is 1.60. The van der Waals surface area contributed by atoms with E-state index in [1.54, 1.807) is 24.3 Å². The molecule has 3 heterocycles. The van der Waals surface area contributed by atoms with Gasteiger partial charge in [0.1, 0.15) is 35.6 Å². The fourth-order valence-corrected chi connectivity index (χ4v) is 5.15. The molecule has 2 bridgehead atoms. The first-order chi connectivity index (χ1) is 13.5. The second-order valence-electron chi connectivity index (χ2n) is 7.80. The van der Waals surface area contributed by atoms with Gasteiger partial charge in [0, 0.05) is 17.5 Å². The van der Waals surface area contributed by atoms with Crippen LogP contribution >= 0.6 is 0 Å². The summed E-state index contributed by atoms with van der Waals surface area (Å²) in [5.41, 5.74) is 1.31. The molecule has 28 heavy (non-hydrogen) atoms. The summed E-state index contributed by atoms with van der Waals surface area (Å²) in [6.45, 7) is 0. The number of ketones is 1. The molecule has 2 spiro atoms. The zero-order valence-electron chi connectivity index (χ0n) is 14.3. The van der Waals surface area contributed by atoms with Crippen LogP contribution in [0.5, 0.6) is 17.2 Å². The van der Waals surface area contributed by atoms with E-state index >= 15 is 0 Å². The molecule has 1 saturated heterocycles. The van der Waals surface area contributed by atoms with Gasteiger partial charge in [-0.05, 0) is 18.2 Å². The van der Waals surface area contributed by atoms with Crippen LogP contribution in [0, 0.1) is 0 Å². The molecule has 2 aliphatic carbocycles. The van der Waals surface area contributed by atoms with Crippen LogP contribution in [0.3, 0.4) is 0 Å². The van der Waals surface area contributed by atoms with Crippen molar-refractivity contribution < 1.29 is 39.1 Å². The predicted molar refractivity (Wildman–Crippen MR) is 88.8 cm³/mol. The highest BCUT2D eigenvalue weighted by Gasteiger charge is 2.75. The number of hydrogen-bond donors (Lipinski definition) is 3. The number of hydrogen-bond acceptors (Lipinski definition) is 8. The smallest absolute Gasteiger partial charge is 0.274 e. The average Bonchev–Trinajstić information content (AvgIpc) is 3.48. The van der Waals surface area contributed by atoms with E-state index in [0.29, 0.717) is 28.2 Å². The van der Waals surface area contributed by atoms with Crippen molar-refractivity contribution in [3.63, 3.8) is 0 Å². The zero-order chi connectivity index (χ0) is 19.0. The zero-order valence-corrected chi connectivity index (χ0v) is 14.3. The minimum absolute atomic E-state index is 0.120. The van der Waals surface area contributed by atoms with E-state index in [-0.39, 0.29) is 23.5 Å². The summed E-state index contributed by atoms with van der Waals surface area (Å²) >= 11 is 0. The highest BCUT2D eigenvalue weighted by atomic mass is 16.8. The average molecular weight is 382 g/mol. The van der Waals surface area contributed by atoms with Gasteiger partial charge in [0.25, 0.3) is 11.6 Å². The lowest BCUT2D eigenvalue weighted by molar-refractivity contribution is -0.389. The minimum Gasteiger partial charge on any atom is -0.508 e. The lowest BCUT2D eigenvalue weighted by Gasteiger charge is -2.55. The Morgan fingerprint density at radius 3 is 2.64 bits per heavy atom. The molecule has 2 aromatic rings. The Hall–Kier alpha value is -2.65. The van der Waals surface area contributed by atoms with Gasteiger partial charge in [-0.25, -0.2) is 0 Å². The lowest BCUT2D eigenvalue weighted by Crippen LogP contribution is -2.65. The number of Topliss-reactive ketones (excluding diaryl/α,β-unsaturated/α-hetero) is 1. The van der Waals surface area contributed by atoms with E-state index in [1.807, 2.05) is 0 Å². The van der Waals surface area contributed by atoms with Crippen molar-refractivity contribution in [2.75, 3.05) is 0 Å². The number of epoxide rings is 1. The molecule has 142 valence electrons. The van der Waals surface area contributed by atoms with Crippen LogP contribution in [0.2, 0.25) is 0 Å². The van der Waals surface area contributed by atoms with Crippen molar-refractivity contribution in [1.82, 2.24) is 0 Å². The summed E-state index contributed by atoms with van der Waals surface area (Å²) in [5.74, 6) is -2.83. The monoisotopic (exact) mass is 382 g/mol. The standard InChI is InChI=1S/C20H14O8/c21-8-4-5-11-15-13(8)16(24)17-18(25-17)20(15)27-10-3-1-2-7-9(22)6-12(23)19(26-11,28-20)14(7)10/h1-5,12,16-18,21,23-24H,6H2/t12-,16+,17-,18-,19-,20-/m1/s1. The maximum Gasteiger partial charge on any atom is 0.274 e. The largest absolute Gasteiger partial charge is 0.508 e. The molecular formula is C20H14O8. The first-order valence-electron chi connectivity index (χ1n) is 9.09. The molecule has 0 aromatic heterocycles. The maximum atomic E-state index is 12.5. The molecule has 0 amide bonds. The van der Waals surface area contributed by atoms with Gasteiger partial charge in [-0.2, -0.15) is 0 Å². The summed E-state index contributed by atoms with van der Waals surface area (Å²) in [4.78, 5) is 12.5. The van der Waals surface area contributed by atoms with Crippen molar-refractivity contribution in [3.8, 4) is 17.2 Å². The van der Waals surface area contributed by atoms with E-state index < -0.39 is 36.0 Å². The van der Waals surface area contributed by atoms with Crippen LogP contribution in [-0.4, -0.2) is 39.4 Å². The third-order valence-corrected chi connectivity index (χ3v) is 6.36. The molecule has 3 aliphatic heterocycles. The lowest BCUT2D eigenvalue weighted by atomic mass is 9.77. The summed E-state index contributed by atoms with van der Waals surface area (Å²) in [6.07, 6.45) is -3.73. The Labute approximate surface area is 157 Å². The van der Waals surface area contributed by atoms with E-state index in [9.17, 15) is 20.1 Å². The third kappa shape index (κ3) is 1.43. The molecule has 0 radical (unpaired) electrons. The molecule has 1 fully saturated rings. The molecule has 0 unspecified atom stereocenters. The number of phenolic OH excluding ortho intramolecular Hbond substituents is 1. The SMILES string of the molecule is O=C1C[C@@H](O)[C@]23Oc4ccc(O)c5c4[C@@](Oc4cccc1c42)(O3)[C@@H]1O[C@@H]1[C@H]5O. The highest BCUT2D eigenvalue weighted by Crippen LogP contribution is 2.66. The van der Waals surface area contributed by atoms with Gasteiger partial charge in [0.2, 0.25) is 0 Å². The molecular weight excluding hydrogens is 368 g/mol. The van der Waals surface area contributed by atoms with Crippen LogP contribution < -0.4 is 9.47 Å². The number of fused-ring (bicyclic) bond motifs is 1.